The first-order valence-corrected chi connectivity index (χ1v) is 3.87. The lowest BCUT2D eigenvalue weighted by Gasteiger charge is -1.93. The molecule has 0 amide bonds. The molecule has 2 rings (SSSR count). The van der Waals surface area contributed by atoms with Crippen molar-refractivity contribution in [3.63, 3.8) is 0 Å². The van der Waals surface area contributed by atoms with Gasteiger partial charge >= 0.3 is 5.97 Å². The number of carboxylic acids is 1. The van der Waals surface area contributed by atoms with E-state index in [1.54, 1.807) is 6.07 Å². The number of nitrogens with zero attached hydrogens (tertiary/aromatic N) is 1. The molecule has 13 heavy (non-hydrogen) atoms. The molecule has 4 heteroatoms. The van der Waals surface area contributed by atoms with E-state index in [4.69, 9.17) is 5.11 Å². The number of aryl methyl sites for hydroxylation is 1. The van der Waals surface area contributed by atoms with Crippen molar-refractivity contribution in [1.29, 1.82) is 0 Å². The van der Waals surface area contributed by atoms with Gasteiger partial charge in [-0.2, -0.15) is 5.10 Å². The second kappa shape index (κ2) is 2.58. The summed E-state index contributed by atoms with van der Waals surface area (Å²) in [6.07, 6.45) is 0. The van der Waals surface area contributed by atoms with E-state index in [0.717, 1.165) is 11.1 Å². The molecule has 0 spiro atoms. The number of carbonyl (C=O) groups is 1. The molecule has 0 fully saturated rings. The fraction of sp³-hybridized carbons (Fsp3) is 0.111. The van der Waals surface area contributed by atoms with E-state index < -0.39 is 5.97 Å². The highest BCUT2D eigenvalue weighted by Crippen LogP contribution is 2.18. The second-order valence-electron chi connectivity index (χ2n) is 2.87. The third-order valence-electron chi connectivity index (χ3n) is 2.01. The normalized spacial score (nSPS) is 10.5. The predicted octanol–water partition coefficient (Wildman–Crippen LogP) is 1.57. The largest absolute Gasteiger partial charge is 0.476 e. The maximum absolute atomic E-state index is 10.7. The molecular weight excluding hydrogens is 168 g/mol. The molecule has 2 N–H and O–H groups in total. The Morgan fingerprint density at radius 3 is 3.00 bits per heavy atom. The molecule has 1 heterocycles. The fourth-order valence-electron chi connectivity index (χ4n) is 1.35. The molecular formula is C9H8N2O2. The minimum Gasteiger partial charge on any atom is -0.476 e. The highest BCUT2D eigenvalue weighted by atomic mass is 16.4. The monoisotopic (exact) mass is 176 g/mol. The van der Waals surface area contributed by atoms with Crippen LogP contribution in [-0.4, -0.2) is 21.3 Å². The zero-order chi connectivity index (χ0) is 9.42. The number of hydrogen-bond donors (Lipinski definition) is 2. The first-order chi connectivity index (χ1) is 6.20. The summed E-state index contributed by atoms with van der Waals surface area (Å²) >= 11 is 0. The summed E-state index contributed by atoms with van der Waals surface area (Å²) in [5, 5.41) is 15.9. The van der Waals surface area contributed by atoms with Crippen molar-refractivity contribution in [3.05, 3.63) is 29.5 Å². The van der Waals surface area contributed by atoms with Crippen LogP contribution in [0.3, 0.4) is 0 Å². The Balaban J connectivity index is 2.83. The number of aromatic amines is 1. The van der Waals surface area contributed by atoms with Gasteiger partial charge in [0.05, 0.1) is 5.52 Å². The first kappa shape index (κ1) is 7.79. The van der Waals surface area contributed by atoms with Gasteiger partial charge in [-0.1, -0.05) is 18.2 Å². The van der Waals surface area contributed by atoms with Crippen LogP contribution in [0, 0.1) is 6.92 Å². The quantitative estimate of drug-likeness (QED) is 0.693. The number of aromatic nitrogens is 2. The minimum atomic E-state index is -1.00. The SMILES string of the molecule is Cc1cccc2c(C(=O)O)n[nH]c12. The van der Waals surface area contributed by atoms with Gasteiger partial charge < -0.3 is 5.11 Å². The number of nitrogens with one attached hydrogen (secondary N) is 1. The van der Waals surface area contributed by atoms with Crippen LogP contribution in [0.15, 0.2) is 18.2 Å². The smallest absolute Gasteiger partial charge is 0.357 e. The molecule has 0 saturated heterocycles. The summed E-state index contributed by atoms with van der Waals surface area (Å²) in [4.78, 5) is 10.7. The maximum Gasteiger partial charge on any atom is 0.357 e. The molecule has 1 aromatic heterocycles. The summed E-state index contributed by atoms with van der Waals surface area (Å²) in [5.41, 5.74) is 1.87. The van der Waals surface area contributed by atoms with Crippen molar-refractivity contribution in [2.45, 2.75) is 6.92 Å². The van der Waals surface area contributed by atoms with E-state index >= 15 is 0 Å². The van der Waals surface area contributed by atoms with Crippen molar-refractivity contribution in [1.82, 2.24) is 10.2 Å². The average molecular weight is 176 g/mol. The topological polar surface area (TPSA) is 66.0 Å². The second-order valence-corrected chi connectivity index (χ2v) is 2.87. The molecule has 0 bridgehead atoms. The molecule has 66 valence electrons. The summed E-state index contributed by atoms with van der Waals surface area (Å²) in [6, 6.07) is 5.47. The number of carboxylic acid groups (broad SMARTS) is 1. The molecule has 0 atom stereocenters. The van der Waals surface area contributed by atoms with Crippen molar-refractivity contribution in [3.8, 4) is 0 Å². The van der Waals surface area contributed by atoms with Crippen molar-refractivity contribution in [2.24, 2.45) is 0 Å². The fourth-order valence-corrected chi connectivity index (χ4v) is 1.35. The molecule has 0 saturated carbocycles. The molecule has 0 aliphatic carbocycles. The van der Waals surface area contributed by atoms with E-state index in [0.29, 0.717) is 5.39 Å². The molecule has 1 aromatic carbocycles. The van der Waals surface area contributed by atoms with Crippen LogP contribution < -0.4 is 0 Å². The van der Waals surface area contributed by atoms with Gasteiger partial charge in [0.15, 0.2) is 5.69 Å². The molecule has 2 aromatic rings. The standard InChI is InChI=1S/C9H8N2O2/c1-5-3-2-4-6-7(5)10-11-8(6)9(12)13/h2-4H,1H3,(H,10,11)(H,12,13). The van der Waals surface area contributed by atoms with Gasteiger partial charge in [-0.3, -0.25) is 5.10 Å². The predicted molar refractivity (Wildman–Crippen MR) is 47.8 cm³/mol. The van der Waals surface area contributed by atoms with Gasteiger partial charge in [-0.05, 0) is 12.5 Å². The Morgan fingerprint density at radius 1 is 1.54 bits per heavy atom. The van der Waals surface area contributed by atoms with Gasteiger partial charge in [-0.25, -0.2) is 4.79 Å². The summed E-state index contributed by atoms with van der Waals surface area (Å²) in [5.74, 6) is -1.00. The highest BCUT2D eigenvalue weighted by molar-refractivity contribution is 6.01. The molecule has 4 nitrogen and oxygen atoms in total. The number of fused-ring (bicyclic) bond motifs is 1. The van der Waals surface area contributed by atoms with Gasteiger partial charge in [0.1, 0.15) is 0 Å². The van der Waals surface area contributed by atoms with Gasteiger partial charge in [0.2, 0.25) is 0 Å². The van der Waals surface area contributed by atoms with Gasteiger partial charge in [0.25, 0.3) is 0 Å². The molecule has 0 aliphatic heterocycles. The Labute approximate surface area is 74.2 Å². The number of aromatic carboxylic acids is 1. The highest BCUT2D eigenvalue weighted by Gasteiger charge is 2.12. The Morgan fingerprint density at radius 2 is 2.31 bits per heavy atom. The third kappa shape index (κ3) is 1.07. The van der Waals surface area contributed by atoms with Crippen LogP contribution in [0.1, 0.15) is 16.1 Å². The van der Waals surface area contributed by atoms with Crippen LogP contribution >= 0.6 is 0 Å². The lowest BCUT2D eigenvalue weighted by atomic mass is 10.1. The zero-order valence-electron chi connectivity index (χ0n) is 7.03. The Hall–Kier alpha value is -1.84. The van der Waals surface area contributed by atoms with E-state index in [1.165, 1.54) is 0 Å². The summed E-state index contributed by atoms with van der Waals surface area (Å²) in [7, 11) is 0. The van der Waals surface area contributed by atoms with Crippen LogP contribution in [0.25, 0.3) is 10.9 Å². The van der Waals surface area contributed by atoms with E-state index in [2.05, 4.69) is 10.2 Å². The van der Waals surface area contributed by atoms with Gasteiger partial charge in [0, 0.05) is 5.39 Å². The third-order valence-corrected chi connectivity index (χ3v) is 2.01. The van der Waals surface area contributed by atoms with Crippen molar-refractivity contribution in [2.75, 3.05) is 0 Å². The lowest BCUT2D eigenvalue weighted by molar-refractivity contribution is 0.0692. The van der Waals surface area contributed by atoms with Crippen molar-refractivity contribution >= 4 is 16.9 Å². The van der Waals surface area contributed by atoms with Crippen LogP contribution in [0.4, 0.5) is 0 Å². The average Bonchev–Trinajstić information content (AvgIpc) is 2.48. The Bertz CT molecular complexity index is 473. The number of para-hydroxylation sites is 1. The summed E-state index contributed by atoms with van der Waals surface area (Å²) < 4.78 is 0. The van der Waals surface area contributed by atoms with Crippen molar-refractivity contribution < 1.29 is 9.90 Å². The minimum absolute atomic E-state index is 0.0821. The van der Waals surface area contributed by atoms with E-state index in [1.807, 2.05) is 19.1 Å². The Kier molecular flexibility index (Phi) is 1.55. The van der Waals surface area contributed by atoms with E-state index in [-0.39, 0.29) is 5.69 Å². The molecule has 0 aliphatic rings. The number of benzene rings is 1. The maximum atomic E-state index is 10.7. The summed E-state index contributed by atoms with van der Waals surface area (Å²) in [6.45, 7) is 1.91. The number of hydrogen-bond acceptors (Lipinski definition) is 2. The molecule has 0 unspecified atom stereocenters. The van der Waals surface area contributed by atoms with Crippen LogP contribution in [0.2, 0.25) is 0 Å². The lowest BCUT2D eigenvalue weighted by Crippen LogP contribution is -1.96. The van der Waals surface area contributed by atoms with Crippen LogP contribution in [0.5, 0.6) is 0 Å². The van der Waals surface area contributed by atoms with E-state index in [9.17, 15) is 4.79 Å². The molecule has 0 radical (unpaired) electrons. The van der Waals surface area contributed by atoms with Crippen LogP contribution in [-0.2, 0) is 0 Å². The number of rotatable bonds is 1. The number of H-pyrrole nitrogens is 1. The first-order valence-electron chi connectivity index (χ1n) is 3.87. The van der Waals surface area contributed by atoms with Gasteiger partial charge in [-0.15, -0.1) is 0 Å². The zero-order valence-corrected chi connectivity index (χ0v) is 7.03.